The van der Waals surface area contributed by atoms with Crippen molar-refractivity contribution in [2.24, 2.45) is 0 Å². The summed E-state index contributed by atoms with van der Waals surface area (Å²) in [6, 6.07) is 19.0. The Balaban J connectivity index is 1.62. The highest BCUT2D eigenvalue weighted by Crippen LogP contribution is 2.28. The van der Waals surface area contributed by atoms with Crippen molar-refractivity contribution in [1.82, 2.24) is 20.1 Å². The molecule has 164 valence electrons. The molecule has 0 bridgehead atoms. The standard InChI is InChI=1S/C24H24N4O3S/c1-16-9-11-19(12-10-16)28-22(17(2)25-23(29)21-8-5-13-31-21)26-27-24(28)32-15-18-6-4-7-20(14-18)30-3/h4-14,17H,15H2,1-3H3,(H,25,29). The average Bonchev–Trinajstić information content (AvgIpc) is 3.49. The summed E-state index contributed by atoms with van der Waals surface area (Å²) in [5, 5.41) is 12.5. The fraction of sp³-hybridized carbons (Fsp3) is 0.208. The van der Waals surface area contributed by atoms with E-state index in [1.54, 1.807) is 31.0 Å². The van der Waals surface area contributed by atoms with Crippen LogP contribution < -0.4 is 10.1 Å². The molecule has 0 saturated carbocycles. The molecule has 0 aliphatic carbocycles. The third-order valence-corrected chi connectivity index (χ3v) is 5.93. The molecule has 1 N–H and O–H groups in total. The molecule has 0 fully saturated rings. The van der Waals surface area contributed by atoms with Gasteiger partial charge in [-0.1, -0.05) is 41.6 Å². The quantitative estimate of drug-likeness (QED) is 0.384. The van der Waals surface area contributed by atoms with E-state index in [9.17, 15) is 4.79 Å². The summed E-state index contributed by atoms with van der Waals surface area (Å²) in [7, 11) is 1.66. The van der Waals surface area contributed by atoms with Gasteiger partial charge in [0.1, 0.15) is 5.75 Å². The lowest BCUT2D eigenvalue weighted by atomic mass is 10.2. The number of methoxy groups -OCH3 is 1. The van der Waals surface area contributed by atoms with E-state index in [0.717, 1.165) is 27.7 Å². The van der Waals surface area contributed by atoms with Gasteiger partial charge in [-0.2, -0.15) is 0 Å². The van der Waals surface area contributed by atoms with Crippen LogP contribution in [0.2, 0.25) is 0 Å². The Kier molecular flexibility index (Phi) is 6.61. The third-order valence-electron chi connectivity index (χ3n) is 4.93. The molecule has 0 aliphatic rings. The molecule has 0 spiro atoms. The summed E-state index contributed by atoms with van der Waals surface area (Å²) in [4.78, 5) is 12.5. The number of amides is 1. The summed E-state index contributed by atoms with van der Waals surface area (Å²) in [5.74, 6) is 2.12. The van der Waals surface area contributed by atoms with Gasteiger partial charge >= 0.3 is 0 Å². The van der Waals surface area contributed by atoms with Crippen LogP contribution in [0.15, 0.2) is 76.5 Å². The zero-order valence-corrected chi connectivity index (χ0v) is 18.9. The Morgan fingerprint density at radius 2 is 1.97 bits per heavy atom. The van der Waals surface area contributed by atoms with Crippen LogP contribution >= 0.6 is 11.8 Å². The summed E-state index contributed by atoms with van der Waals surface area (Å²) in [5.41, 5.74) is 3.21. The summed E-state index contributed by atoms with van der Waals surface area (Å²) < 4.78 is 12.5. The maximum Gasteiger partial charge on any atom is 0.287 e. The van der Waals surface area contributed by atoms with Crippen molar-refractivity contribution in [2.45, 2.75) is 30.8 Å². The monoisotopic (exact) mass is 448 g/mol. The summed E-state index contributed by atoms with van der Waals surface area (Å²) >= 11 is 1.58. The number of thioether (sulfide) groups is 1. The van der Waals surface area contributed by atoms with E-state index in [0.29, 0.717) is 11.6 Å². The van der Waals surface area contributed by atoms with E-state index in [-0.39, 0.29) is 17.7 Å². The topological polar surface area (TPSA) is 82.2 Å². The maximum absolute atomic E-state index is 12.5. The van der Waals surface area contributed by atoms with E-state index in [1.807, 2.05) is 60.9 Å². The van der Waals surface area contributed by atoms with Crippen molar-refractivity contribution < 1.29 is 13.9 Å². The van der Waals surface area contributed by atoms with Crippen LogP contribution in [0.5, 0.6) is 5.75 Å². The molecular formula is C24H24N4O3S. The second-order valence-electron chi connectivity index (χ2n) is 7.32. The van der Waals surface area contributed by atoms with E-state index in [4.69, 9.17) is 9.15 Å². The van der Waals surface area contributed by atoms with E-state index >= 15 is 0 Å². The molecule has 2 aromatic heterocycles. The first-order chi connectivity index (χ1) is 15.5. The fourth-order valence-electron chi connectivity index (χ4n) is 3.24. The lowest BCUT2D eigenvalue weighted by Crippen LogP contribution is -2.28. The molecule has 1 amide bonds. The molecule has 0 radical (unpaired) electrons. The van der Waals surface area contributed by atoms with Crippen molar-refractivity contribution in [3.05, 3.63) is 89.6 Å². The van der Waals surface area contributed by atoms with E-state index in [2.05, 4.69) is 21.6 Å². The van der Waals surface area contributed by atoms with Gasteiger partial charge in [0.15, 0.2) is 16.7 Å². The Morgan fingerprint density at radius 1 is 1.16 bits per heavy atom. The minimum Gasteiger partial charge on any atom is -0.497 e. The number of carbonyl (C=O) groups is 1. The van der Waals surface area contributed by atoms with Gasteiger partial charge in [0.05, 0.1) is 19.4 Å². The van der Waals surface area contributed by atoms with Crippen molar-refractivity contribution >= 4 is 17.7 Å². The van der Waals surface area contributed by atoms with E-state index in [1.165, 1.54) is 6.26 Å². The van der Waals surface area contributed by atoms with Crippen LogP contribution in [0, 0.1) is 6.92 Å². The van der Waals surface area contributed by atoms with Gasteiger partial charge in [-0.15, -0.1) is 10.2 Å². The maximum atomic E-state index is 12.5. The van der Waals surface area contributed by atoms with Crippen LogP contribution in [0.4, 0.5) is 0 Å². The van der Waals surface area contributed by atoms with Gasteiger partial charge in [-0.05, 0) is 55.8 Å². The predicted molar refractivity (Wildman–Crippen MR) is 123 cm³/mol. The number of benzene rings is 2. The van der Waals surface area contributed by atoms with Gasteiger partial charge in [-0.25, -0.2) is 0 Å². The first kappa shape index (κ1) is 21.7. The molecule has 32 heavy (non-hydrogen) atoms. The van der Waals surface area contributed by atoms with Crippen LogP contribution in [0.25, 0.3) is 5.69 Å². The number of aryl methyl sites for hydroxylation is 1. The normalized spacial score (nSPS) is 11.8. The molecule has 8 heteroatoms. The summed E-state index contributed by atoms with van der Waals surface area (Å²) in [6.45, 7) is 3.92. The van der Waals surface area contributed by atoms with Crippen LogP contribution in [0.1, 0.15) is 40.5 Å². The largest absolute Gasteiger partial charge is 0.497 e. The highest BCUT2D eigenvalue weighted by molar-refractivity contribution is 7.98. The number of hydrogen-bond acceptors (Lipinski definition) is 6. The van der Waals surface area contributed by atoms with Crippen molar-refractivity contribution in [2.75, 3.05) is 7.11 Å². The first-order valence-electron chi connectivity index (χ1n) is 10.2. The molecule has 1 unspecified atom stereocenters. The lowest BCUT2D eigenvalue weighted by Gasteiger charge is -2.16. The van der Waals surface area contributed by atoms with Gasteiger partial charge in [0.25, 0.3) is 5.91 Å². The average molecular weight is 449 g/mol. The van der Waals surface area contributed by atoms with Crippen molar-refractivity contribution in [1.29, 1.82) is 0 Å². The molecule has 2 aromatic carbocycles. The third kappa shape index (κ3) is 4.86. The van der Waals surface area contributed by atoms with Crippen LogP contribution in [0.3, 0.4) is 0 Å². The molecule has 0 aliphatic heterocycles. The molecule has 2 heterocycles. The van der Waals surface area contributed by atoms with Gasteiger partial charge < -0.3 is 14.5 Å². The van der Waals surface area contributed by atoms with E-state index < -0.39 is 0 Å². The number of hydrogen-bond donors (Lipinski definition) is 1. The number of nitrogens with one attached hydrogen (secondary N) is 1. The molecule has 4 rings (SSSR count). The highest BCUT2D eigenvalue weighted by atomic mass is 32.2. The Bertz CT molecular complexity index is 1190. The smallest absolute Gasteiger partial charge is 0.287 e. The summed E-state index contributed by atoms with van der Waals surface area (Å²) in [6.07, 6.45) is 1.47. The number of aromatic nitrogens is 3. The molecule has 7 nitrogen and oxygen atoms in total. The Labute approximate surface area is 190 Å². The van der Waals surface area contributed by atoms with Gasteiger partial charge in [-0.3, -0.25) is 9.36 Å². The minimum atomic E-state index is -0.382. The number of rotatable bonds is 8. The second-order valence-corrected chi connectivity index (χ2v) is 8.27. The second kappa shape index (κ2) is 9.74. The number of carbonyl (C=O) groups excluding carboxylic acids is 1. The SMILES string of the molecule is COc1cccc(CSc2nnc(C(C)NC(=O)c3ccco3)n2-c2ccc(C)cc2)c1. The Morgan fingerprint density at radius 3 is 2.69 bits per heavy atom. The Hall–Kier alpha value is -3.52. The van der Waals surface area contributed by atoms with Crippen molar-refractivity contribution in [3.63, 3.8) is 0 Å². The molecule has 1 atom stereocenters. The van der Waals surface area contributed by atoms with Gasteiger partial charge in [0, 0.05) is 11.4 Å². The molecular weight excluding hydrogens is 424 g/mol. The lowest BCUT2D eigenvalue weighted by molar-refractivity contribution is 0.0910. The first-order valence-corrected chi connectivity index (χ1v) is 11.2. The van der Waals surface area contributed by atoms with Crippen LogP contribution in [-0.2, 0) is 5.75 Å². The number of nitrogens with zero attached hydrogens (tertiary/aromatic N) is 3. The minimum absolute atomic E-state index is 0.255. The predicted octanol–water partition coefficient (Wildman–Crippen LogP) is 4.96. The fourth-order valence-corrected chi connectivity index (χ4v) is 4.14. The zero-order chi connectivity index (χ0) is 22.5. The number of furan rings is 1. The van der Waals surface area contributed by atoms with Crippen LogP contribution in [-0.4, -0.2) is 27.8 Å². The van der Waals surface area contributed by atoms with Gasteiger partial charge in [0.2, 0.25) is 0 Å². The van der Waals surface area contributed by atoms with Crippen molar-refractivity contribution in [3.8, 4) is 11.4 Å². The molecule has 4 aromatic rings. The highest BCUT2D eigenvalue weighted by Gasteiger charge is 2.22. The number of ether oxygens (including phenoxy) is 1. The molecule has 0 saturated heterocycles. The zero-order valence-electron chi connectivity index (χ0n) is 18.1.